The lowest BCUT2D eigenvalue weighted by Gasteiger charge is -2.46. The van der Waals surface area contributed by atoms with Gasteiger partial charge in [0.1, 0.15) is 6.04 Å². The fourth-order valence-corrected chi connectivity index (χ4v) is 4.88. The van der Waals surface area contributed by atoms with Gasteiger partial charge in [-0.2, -0.15) is 0 Å². The van der Waals surface area contributed by atoms with Gasteiger partial charge in [0, 0.05) is 18.1 Å². The highest BCUT2D eigenvalue weighted by Crippen LogP contribution is 2.42. The molecule has 1 heterocycles. The van der Waals surface area contributed by atoms with E-state index in [1.54, 1.807) is 0 Å². The van der Waals surface area contributed by atoms with Crippen LogP contribution in [0, 0.1) is 17.3 Å². The molecule has 1 unspecified atom stereocenters. The van der Waals surface area contributed by atoms with E-state index in [2.05, 4.69) is 37.4 Å². The molecule has 33 heavy (non-hydrogen) atoms. The second-order valence-corrected chi connectivity index (χ2v) is 10.5. The molecule has 0 saturated carbocycles. The maximum Gasteiger partial charge on any atom is 0.245 e. The first-order valence-corrected chi connectivity index (χ1v) is 11.7. The summed E-state index contributed by atoms with van der Waals surface area (Å²) in [6.07, 6.45) is 7.57. The summed E-state index contributed by atoms with van der Waals surface area (Å²) in [4.78, 5) is 28.2. The Morgan fingerprint density at radius 3 is 2.33 bits per heavy atom. The number of piperidine rings is 1. The van der Waals surface area contributed by atoms with E-state index in [1.807, 2.05) is 50.0 Å². The first-order chi connectivity index (χ1) is 14.6. The molecular weight excluding hydrogens is 436 g/mol. The lowest BCUT2D eigenvalue weighted by Crippen LogP contribution is -2.56. The molecule has 1 saturated heterocycles. The molecule has 0 bridgehead atoms. The number of nitrogens with zero attached hydrogens (tertiary/aromatic N) is 1. The molecule has 1 fully saturated rings. The summed E-state index contributed by atoms with van der Waals surface area (Å²) in [7, 11) is 0. The maximum atomic E-state index is 13.4. The minimum atomic E-state index is -0.504. The topological polar surface area (TPSA) is 80.9 Å². The Kier molecular flexibility index (Phi) is 10.4. The van der Waals surface area contributed by atoms with Crippen LogP contribution in [-0.4, -0.2) is 41.3 Å². The maximum absolute atomic E-state index is 13.4. The molecule has 3 atom stereocenters. The monoisotopic (exact) mass is 476 g/mol. The van der Waals surface area contributed by atoms with Crippen LogP contribution >= 0.6 is 11.6 Å². The first-order valence-electron chi connectivity index (χ1n) is 11.3. The zero-order valence-corrected chi connectivity index (χ0v) is 20.6. The minimum Gasteiger partial charge on any atom is -0.412 e. The number of hydrogen-bond acceptors (Lipinski definition) is 2. The average molecular weight is 477 g/mol. The predicted molar refractivity (Wildman–Crippen MR) is 137 cm³/mol. The normalized spacial score (nSPS) is 22.5. The molecule has 6 heteroatoms. The number of likely N-dealkylation sites (tertiary alicyclic amines) is 1. The zero-order chi connectivity index (χ0) is 22.8. The van der Waals surface area contributed by atoms with Crippen molar-refractivity contribution in [1.29, 1.82) is 0 Å². The van der Waals surface area contributed by atoms with Crippen LogP contribution in [0.5, 0.6) is 0 Å². The molecule has 1 aromatic rings. The zero-order valence-electron chi connectivity index (χ0n) is 19.8. The minimum absolute atomic E-state index is 0. The van der Waals surface area contributed by atoms with E-state index in [1.165, 1.54) is 11.1 Å². The highest BCUT2D eigenvalue weighted by atomic mass is 35.5. The van der Waals surface area contributed by atoms with Crippen LogP contribution in [0.1, 0.15) is 66.4 Å². The third-order valence-corrected chi connectivity index (χ3v) is 6.92. The summed E-state index contributed by atoms with van der Waals surface area (Å²) in [6, 6.07) is 7.56. The van der Waals surface area contributed by atoms with Crippen molar-refractivity contribution in [2.45, 2.75) is 66.8 Å². The second kappa shape index (κ2) is 11.8. The summed E-state index contributed by atoms with van der Waals surface area (Å²) < 4.78 is 0. The van der Waals surface area contributed by atoms with Gasteiger partial charge in [0.15, 0.2) is 0 Å². The molecule has 2 aliphatic rings. The van der Waals surface area contributed by atoms with E-state index in [0.717, 1.165) is 11.4 Å². The molecular formula is C27H41ClN2O3. The summed E-state index contributed by atoms with van der Waals surface area (Å²) in [5.41, 5.74) is 2.37. The standard InChI is InChI=1S/C26H35ClN2O2.CH4.H2O/c1-17(2)23(28-24(30)20-8-6-18(3)7-9-20)25(31)29-15-14-22(26(4,5)16-29)19-10-12-21(27)13-11-19;;/h6-8,10-13,17,20,22-23H,9,14-16H2,1-5H3,(H,28,30);1H4;1H2/t20?,22-,23-;;/m1../s1. The third-order valence-electron chi connectivity index (χ3n) is 6.67. The SMILES string of the molecule is C.CC1=CCC(C(=O)N[C@@H](C(=O)N2CC[C@H](c3ccc(Cl)cc3)C(C)(C)C2)C(C)C)C=C1.O. The second-order valence-electron chi connectivity index (χ2n) is 10.0. The number of nitrogens with one attached hydrogen (secondary N) is 1. The van der Waals surface area contributed by atoms with Gasteiger partial charge >= 0.3 is 0 Å². The Morgan fingerprint density at radius 2 is 1.82 bits per heavy atom. The van der Waals surface area contributed by atoms with E-state index in [0.29, 0.717) is 25.4 Å². The predicted octanol–water partition coefficient (Wildman–Crippen LogP) is 5.16. The molecule has 3 rings (SSSR count). The van der Waals surface area contributed by atoms with Crippen molar-refractivity contribution in [1.82, 2.24) is 10.2 Å². The van der Waals surface area contributed by atoms with Crippen molar-refractivity contribution in [2.75, 3.05) is 13.1 Å². The van der Waals surface area contributed by atoms with Gasteiger partial charge in [-0.3, -0.25) is 9.59 Å². The summed E-state index contributed by atoms with van der Waals surface area (Å²) in [5, 5.41) is 3.79. The largest absolute Gasteiger partial charge is 0.412 e. The average Bonchev–Trinajstić information content (AvgIpc) is 2.72. The van der Waals surface area contributed by atoms with Crippen molar-refractivity contribution in [3.63, 3.8) is 0 Å². The van der Waals surface area contributed by atoms with Gasteiger partial charge in [0.05, 0.1) is 5.92 Å². The Morgan fingerprint density at radius 1 is 1.18 bits per heavy atom. The van der Waals surface area contributed by atoms with Crippen molar-refractivity contribution < 1.29 is 15.1 Å². The Bertz CT molecular complexity index is 874. The van der Waals surface area contributed by atoms with E-state index in [-0.39, 0.29) is 42.0 Å². The van der Waals surface area contributed by atoms with Gasteiger partial charge in [0.25, 0.3) is 0 Å². The molecule has 5 nitrogen and oxygen atoms in total. The Hall–Kier alpha value is -2.11. The number of halogens is 1. The molecule has 2 amide bonds. The lowest BCUT2D eigenvalue weighted by molar-refractivity contribution is -0.141. The van der Waals surface area contributed by atoms with E-state index in [4.69, 9.17) is 11.6 Å². The van der Waals surface area contributed by atoms with E-state index >= 15 is 0 Å². The molecule has 184 valence electrons. The molecule has 3 N–H and O–H groups in total. The summed E-state index contributed by atoms with van der Waals surface area (Å²) in [6.45, 7) is 11.8. The van der Waals surface area contributed by atoms with Gasteiger partial charge < -0.3 is 15.7 Å². The molecule has 1 aromatic carbocycles. The highest BCUT2D eigenvalue weighted by molar-refractivity contribution is 6.30. The van der Waals surface area contributed by atoms with Crippen LogP contribution < -0.4 is 5.32 Å². The number of carbonyl (C=O) groups is 2. The quantitative estimate of drug-likeness (QED) is 0.637. The van der Waals surface area contributed by atoms with Crippen LogP contribution in [0.25, 0.3) is 0 Å². The summed E-state index contributed by atoms with van der Waals surface area (Å²) >= 11 is 6.06. The van der Waals surface area contributed by atoms with Crippen LogP contribution in [-0.2, 0) is 9.59 Å². The number of hydrogen-bond donors (Lipinski definition) is 1. The van der Waals surface area contributed by atoms with Crippen molar-refractivity contribution >= 4 is 23.4 Å². The van der Waals surface area contributed by atoms with Gasteiger partial charge in [-0.1, -0.05) is 82.7 Å². The molecule has 0 radical (unpaired) electrons. The van der Waals surface area contributed by atoms with E-state index in [9.17, 15) is 9.59 Å². The van der Waals surface area contributed by atoms with E-state index < -0.39 is 6.04 Å². The fourth-order valence-electron chi connectivity index (χ4n) is 4.75. The van der Waals surface area contributed by atoms with Crippen LogP contribution in [0.2, 0.25) is 5.02 Å². The van der Waals surface area contributed by atoms with Gasteiger partial charge in [-0.25, -0.2) is 0 Å². The first kappa shape index (κ1) is 28.9. The van der Waals surface area contributed by atoms with Crippen molar-refractivity contribution in [3.05, 3.63) is 58.7 Å². The molecule has 0 spiro atoms. The molecule has 0 aromatic heterocycles. The molecule has 1 aliphatic carbocycles. The molecule has 1 aliphatic heterocycles. The smallest absolute Gasteiger partial charge is 0.245 e. The Labute approximate surface area is 204 Å². The van der Waals surface area contributed by atoms with Gasteiger partial charge in [-0.05, 0) is 54.7 Å². The highest BCUT2D eigenvalue weighted by Gasteiger charge is 2.40. The third kappa shape index (κ3) is 6.94. The fraction of sp³-hybridized carbons (Fsp3) is 0.556. The lowest BCUT2D eigenvalue weighted by atomic mass is 9.70. The number of carbonyl (C=O) groups excluding carboxylic acids is 2. The van der Waals surface area contributed by atoms with Crippen LogP contribution in [0.15, 0.2) is 48.1 Å². The van der Waals surface area contributed by atoms with Gasteiger partial charge in [-0.15, -0.1) is 0 Å². The van der Waals surface area contributed by atoms with Crippen molar-refractivity contribution in [3.8, 4) is 0 Å². The number of allylic oxidation sites excluding steroid dienone is 3. The number of benzene rings is 1. The van der Waals surface area contributed by atoms with Gasteiger partial charge in [0.2, 0.25) is 11.8 Å². The number of amides is 2. The van der Waals surface area contributed by atoms with Crippen LogP contribution in [0.3, 0.4) is 0 Å². The Balaban J connectivity index is 0.00000272. The van der Waals surface area contributed by atoms with Crippen molar-refractivity contribution in [2.24, 2.45) is 17.3 Å². The number of rotatable bonds is 5. The summed E-state index contributed by atoms with van der Waals surface area (Å²) in [5.74, 6) is 0.145. The van der Waals surface area contributed by atoms with Crippen LogP contribution in [0.4, 0.5) is 0 Å².